The van der Waals surface area contributed by atoms with Gasteiger partial charge in [-0.15, -0.1) is 0 Å². The van der Waals surface area contributed by atoms with Crippen LogP contribution in [0.5, 0.6) is 5.75 Å². The van der Waals surface area contributed by atoms with Gasteiger partial charge in [-0.2, -0.15) is 0 Å². The van der Waals surface area contributed by atoms with Crippen molar-refractivity contribution in [1.29, 1.82) is 0 Å². The Morgan fingerprint density at radius 2 is 2.11 bits per heavy atom. The predicted molar refractivity (Wildman–Crippen MR) is 62.1 cm³/mol. The molecule has 5 N–H and O–H groups in total. The van der Waals surface area contributed by atoms with Gasteiger partial charge < -0.3 is 16.2 Å². The molecule has 0 spiro atoms. The molecule has 1 atom stereocenters. The third-order valence-corrected chi connectivity index (χ3v) is 2.10. The molecule has 0 fully saturated rings. The molecule has 6 nitrogen and oxygen atoms in total. The van der Waals surface area contributed by atoms with Crippen molar-refractivity contribution >= 4 is 11.9 Å². The van der Waals surface area contributed by atoms with E-state index in [0.717, 1.165) is 6.07 Å². The lowest BCUT2D eigenvalue weighted by atomic mass is 10.2. The highest BCUT2D eigenvalue weighted by molar-refractivity contribution is 5.95. The second kappa shape index (κ2) is 5.97. The van der Waals surface area contributed by atoms with Crippen LogP contribution in [0.25, 0.3) is 0 Å². The maximum Gasteiger partial charge on any atom is 0.318 e. The smallest absolute Gasteiger partial charge is 0.318 e. The summed E-state index contributed by atoms with van der Waals surface area (Å²) >= 11 is 0. The standard InChI is InChI=1S/C11H14FN3O3/c1-6(10(16)15-11(14)17)18-9-3-7(5-13)2-8(12)4-9/h2-4,6H,5,13H2,1H3,(H3,14,15,16,17). The van der Waals surface area contributed by atoms with E-state index in [-0.39, 0.29) is 12.3 Å². The van der Waals surface area contributed by atoms with E-state index < -0.39 is 23.9 Å². The number of halogens is 1. The summed E-state index contributed by atoms with van der Waals surface area (Å²) in [5, 5.41) is 1.86. The number of primary amides is 1. The lowest BCUT2D eigenvalue weighted by Gasteiger charge is -2.14. The van der Waals surface area contributed by atoms with Crippen LogP contribution in [-0.2, 0) is 11.3 Å². The molecule has 18 heavy (non-hydrogen) atoms. The number of hydrogen-bond donors (Lipinski definition) is 3. The van der Waals surface area contributed by atoms with Crippen molar-refractivity contribution in [3.63, 3.8) is 0 Å². The molecule has 3 amide bonds. The number of ether oxygens (including phenoxy) is 1. The van der Waals surface area contributed by atoms with Crippen LogP contribution >= 0.6 is 0 Å². The molecule has 1 aromatic carbocycles. The summed E-state index contributed by atoms with van der Waals surface area (Å²) in [4.78, 5) is 21.8. The maximum absolute atomic E-state index is 13.2. The summed E-state index contributed by atoms with van der Waals surface area (Å²) in [6.45, 7) is 1.56. The summed E-state index contributed by atoms with van der Waals surface area (Å²) in [5.41, 5.74) is 10.7. The maximum atomic E-state index is 13.2. The number of carbonyl (C=O) groups is 2. The fourth-order valence-corrected chi connectivity index (χ4v) is 1.29. The number of nitrogens with one attached hydrogen (secondary N) is 1. The van der Waals surface area contributed by atoms with Gasteiger partial charge in [-0.25, -0.2) is 9.18 Å². The SMILES string of the molecule is CC(Oc1cc(F)cc(CN)c1)C(=O)NC(N)=O. The minimum atomic E-state index is -0.982. The van der Waals surface area contributed by atoms with E-state index in [9.17, 15) is 14.0 Å². The van der Waals surface area contributed by atoms with E-state index in [0.29, 0.717) is 5.56 Å². The van der Waals surface area contributed by atoms with Gasteiger partial charge >= 0.3 is 6.03 Å². The highest BCUT2D eigenvalue weighted by Crippen LogP contribution is 2.17. The van der Waals surface area contributed by atoms with Crippen molar-refractivity contribution < 1.29 is 18.7 Å². The van der Waals surface area contributed by atoms with Gasteiger partial charge in [-0.05, 0) is 24.6 Å². The van der Waals surface area contributed by atoms with Crippen LogP contribution in [-0.4, -0.2) is 18.0 Å². The van der Waals surface area contributed by atoms with Crippen LogP contribution in [0.1, 0.15) is 12.5 Å². The first-order valence-electron chi connectivity index (χ1n) is 5.19. The first-order chi connectivity index (χ1) is 8.42. The molecule has 0 radical (unpaired) electrons. The number of nitrogens with two attached hydrogens (primary N) is 2. The summed E-state index contributed by atoms with van der Waals surface area (Å²) in [6, 6.07) is 2.92. The molecule has 1 unspecified atom stereocenters. The minimum absolute atomic E-state index is 0.149. The zero-order valence-corrected chi connectivity index (χ0v) is 9.77. The van der Waals surface area contributed by atoms with Crippen molar-refractivity contribution in [3.8, 4) is 5.75 Å². The van der Waals surface area contributed by atoms with Gasteiger partial charge in [-0.1, -0.05) is 0 Å². The van der Waals surface area contributed by atoms with Crippen molar-refractivity contribution in [1.82, 2.24) is 5.32 Å². The average Bonchev–Trinajstić information content (AvgIpc) is 2.27. The molecular weight excluding hydrogens is 241 g/mol. The number of rotatable bonds is 4. The zero-order valence-electron chi connectivity index (χ0n) is 9.77. The van der Waals surface area contributed by atoms with E-state index in [1.807, 2.05) is 5.32 Å². The molecule has 0 saturated heterocycles. The number of amides is 3. The Morgan fingerprint density at radius 3 is 2.67 bits per heavy atom. The van der Waals surface area contributed by atoms with E-state index in [2.05, 4.69) is 0 Å². The number of urea groups is 1. The summed E-state index contributed by atoms with van der Waals surface area (Å²) < 4.78 is 18.4. The number of imide groups is 1. The van der Waals surface area contributed by atoms with E-state index >= 15 is 0 Å². The molecule has 0 aromatic heterocycles. The van der Waals surface area contributed by atoms with Crippen LogP contribution in [0, 0.1) is 5.82 Å². The third kappa shape index (κ3) is 4.02. The fraction of sp³-hybridized carbons (Fsp3) is 0.273. The van der Waals surface area contributed by atoms with Crippen molar-refractivity contribution in [2.75, 3.05) is 0 Å². The summed E-state index contributed by atoms with van der Waals surface area (Å²) in [7, 11) is 0. The number of benzene rings is 1. The minimum Gasteiger partial charge on any atom is -0.481 e. The van der Waals surface area contributed by atoms with Gasteiger partial charge in [0, 0.05) is 12.6 Å². The fourth-order valence-electron chi connectivity index (χ4n) is 1.29. The normalized spacial score (nSPS) is 11.7. The molecule has 98 valence electrons. The lowest BCUT2D eigenvalue weighted by Crippen LogP contribution is -2.42. The predicted octanol–water partition coefficient (Wildman–Crippen LogP) is 0.247. The highest BCUT2D eigenvalue weighted by atomic mass is 19.1. The molecule has 1 aromatic rings. The molecule has 0 aliphatic carbocycles. The van der Waals surface area contributed by atoms with E-state index in [4.69, 9.17) is 16.2 Å². The van der Waals surface area contributed by atoms with Crippen LogP contribution in [0.2, 0.25) is 0 Å². The summed E-state index contributed by atoms with van der Waals surface area (Å²) in [5.74, 6) is -1.07. The third-order valence-electron chi connectivity index (χ3n) is 2.10. The van der Waals surface area contributed by atoms with Crippen LogP contribution in [0.3, 0.4) is 0 Å². The zero-order chi connectivity index (χ0) is 13.7. The Morgan fingerprint density at radius 1 is 1.44 bits per heavy atom. The van der Waals surface area contributed by atoms with Crippen LogP contribution in [0.4, 0.5) is 9.18 Å². The second-order valence-electron chi connectivity index (χ2n) is 3.61. The van der Waals surface area contributed by atoms with Gasteiger partial charge in [0.05, 0.1) is 0 Å². The number of carbonyl (C=O) groups excluding carboxylic acids is 2. The largest absolute Gasteiger partial charge is 0.481 e. The molecule has 0 saturated carbocycles. The Labute approximate surface area is 103 Å². The molecule has 1 rings (SSSR count). The Kier molecular flexibility index (Phi) is 4.61. The van der Waals surface area contributed by atoms with Gasteiger partial charge in [0.2, 0.25) is 0 Å². The molecular formula is C11H14FN3O3. The second-order valence-corrected chi connectivity index (χ2v) is 3.61. The molecule has 0 bridgehead atoms. The summed E-state index contributed by atoms with van der Waals surface area (Å²) in [6.07, 6.45) is -0.982. The molecule has 0 heterocycles. The monoisotopic (exact) mass is 255 g/mol. The van der Waals surface area contributed by atoms with Crippen LogP contribution < -0.4 is 21.5 Å². The quantitative estimate of drug-likeness (QED) is 0.716. The van der Waals surface area contributed by atoms with Crippen molar-refractivity contribution in [2.45, 2.75) is 19.6 Å². The molecule has 0 aliphatic heterocycles. The Hall–Kier alpha value is -2.15. The van der Waals surface area contributed by atoms with Gasteiger partial charge in [-0.3, -0.25) is 10.1 Å². The Balaban J connectivity index is 2.75. The lowest BCUT2D eigenvalue weighted by molar-refractivity contribution is -0.126. The highest BCUT2D eigenvalue weighted by Gasteiger charge is 2.16. The van der Waals surface area contributed by atoms with E-state index in [1.54, 1.807) is 0 Å². The molecule has 7 heteroatoms. The van der Waals surface area contributed by atoms with Gasteiger partial charge in [0.25, 0.3) is 5.91 Å². The number of hydrogen-bond acceptors (Lipinski definition) is 4. The van der Waals surface area contributed by atoms with Crippen LogP contribution in [0.15, 0.2) is 18.2 Å². The first kappa shape index (κ1) is 13.9. The van der Waals surface area contributed by atoms with Gasteiger partial charge in [0.15, 0.2) is 6.10 Å². The molecule has 0 aliphatic rings. The Bertz CT molecular complexity index is 465. The van der Waals surface area contributed by atoms with Crippen molar-refractivity contribution in [3.05, 3.63) is 29.6 Å². The first-order valence-corrected chi connectivity index (χ1v) is 5.19. The average molecular weight is 255 g/mol. The van der Waals surface area contributed by atoms with Gasteiger partial charge in [0.1, 0.15) is 11.6 Å². The van der Waals surface area contributed by atoms with Crippen molar-refractivity contribution in [2.24, 2.45) is 11.5 Å². The van der Waals surface area contributed by atoms with E-state index in [1.165, 1.54) is 19.1 Å². The topological polar surface area (TPSA) is 107 Å².